The molecule has 8 nitrogen and oxygen atoms in total. The lowest BCUT2D eigenvalue weighted by atomic mass is 9.99. The SMILES string of the molecule is CC(C)N1C[C@H](C)C(CN(C)Cc2ccc(Oc3ccccc3)cc2)Oc2c(NC(=O)c3ccccn3)cccc2C1=O. The summed E-state index contributed by atoms with van der Waals surface area (Å²) >= 11 is 0. The molecule has 8 heteroatoms. The second-order valence-corrected chi connectivity index (χ2v) is 11.3. The number of nitrogens with one attached hydrogen (secondary N) is 1. The Hall–Kier alpha value is -4.69. The maximum atomic E-state index is 13.7. The van der Waals surface area contributed by atoms with Crippen LogP contribution < -0.4 is 14.8 Å². The lowest BCUT2D eigenvalue weighted by Gasteiger charge is -2.38. The maximum Gasteiger partial charge on any atom is 0.274 e. The van der Waals surface area contributed by atoms with Gasteiger partial charge in [-0.2, -0.15) is 0 Å². The number of pyridine rings is 1. The summed E-state index contributed by atoms with van der Waals surface area (Å²) in [6.45, 7) is 8.03. The highest BCUT2D eigenvalue weighted by Gasteiger charge is 2.34. The van der Waals surface area contributed by atoms with E-state index in [0.29, 0.717) is 36.6 Å². The van der Waals surface area contributed by atoms with Crippen LogP contribution in [0.15, 0.2) is 97.2 Å². The highest BCUT2D eigenvalue weighted by molar-refractivity contribution is 6.06. The summed E-state index contributed by atoms with van der Waals surface area (Å²) in [7, 11) is 2.06. The molecule has 0 fully saturated rings. The van der Waals surface area contributed by atoms with E-state index in [0.717, 1.165) is 17.1 Å². The average Bonchev–Trinajstić information content (AvgIpc) is 3.01. The molecular weight excluding hydrogens is 540 g/mol. The molecule has 0 saturated carbocycles. The summed E-state index contributed by atoms with van der Waals surface area (Å²) in [5, 5.41) is 2.93. The van der Waals surface area contributed by atoms with Gasteiger partial charge in [0.15, 0.2) is 5.75 Å². The van der Waals surface area contributed by atoms with Gasteiger partial charge in [-0.3, -0.25) is 19.5 Å². The Kier molecular flexibility index (Phi) is 9.37. The monoisotopic (exact) mass is 578 g/mol. The van der Waals surface area contributed by atoms with Crippen molar-refractivity contribution in [1.82, 2.24) is 14.8 Å². The van der Waals surface area contributed by atoms with Crippen LogP contribution in [-0.4, -0.2) is 58.9 Å². The van der Waals surface area contributed by atoms with Crippen molar-refractivity contribution < 1.29 is 19.1 Å². The Labute approximate surface area is 253 Å². The molecule has 1 N–H and O–H groups in total. The van der Waals surface area contributed by atoms with Crippen molar-refractivity contribution in [2.24, 2.45) is 5.92 Å². The second-order valence-electron chi connectivity index (χ2n) is 11.3. The quantitative estimate of drug-likeness (QED) is 0.244. The molecular formula is C35H38N4O4. The van der Waals surface area contributed by atoms with Gasteiger partial charge in [-0.15, -0.1) is 0 Å². The van der Waals surface area contributed by atoms with E-state index >= 15 is 0 Å². The van der Waals surface area contributed by atoms with E-state index in [4.69, 9.17) is 9.47 Å². The minimum Gasteiger partial charge on any atom is -0.486 e. The Balaban J connectivity index is 1.35. The molecule has 3 aromatic carbocycles. The molecule has 2 amide bonds. The minimum absolute atomic E-state index is 0.00247. The molecule has 4 aromatic rings. The fourth-order valence-electron chi connectivity index (χ4n) is 5.18. The molecule has 0 aliphatic carbocycles. The third-order valence-corrected chi connectivity index (χ3v) is 7.51. The van der Waals surface area contributed by atoms with Crippen molar-refractivity contribution >= 4 is 17.5 Å². The zero-order valence-corrected chi connectivity index (χ0v) is 25.1. The van der Waals surface area contributed by atoms with Crippen LogP contribution in [0.3, 0.4) is 0 Å². The lowest BCUT2D eigenvalue weighted by molar-refractivity contribution is 0.0433. The molecule has 0 bridgehead atoms. The van der Waals surface area contributed by atoms with Crippen LogP contribution >= 0.6 is 0 Å². The van der Waals surface area contributed by atoms with Gasteiger partial charge in [-0.05, 0) is 75.0 Å². The fraction of sp³-hybridized carbons (Fsp3) is 0.286. The summed E-state index contributed by atoms with van der Waals surface area (Å²) in [5.41, 5.74) is 2.30. The lowest BCUT2D eigenvalue weighted by Crippen LogP contribution is -2.48. The first kappa shape index (κ1) is 29.8. The molecule has 1 aliphatic rings. The van der Waals surface area contributed by atoms with Gasteiger partial charge in [0, 0.05) is 37.8 Å². The van der Waals surface area contributed by atoms with Crippen LogP contribution in [0, 0.1) is 5.92 Å². The number of carbonyl (C=O) groups excluding carboxylic acids is 2. The number of hydrogen-bond acceptors (Lipinski definition) is 6. The predicted octanol–water partition coefficient (Wildman–Crippen LogP) is 6.51. The van der Waals surface area contributed by atoms with Gasteiger partial charge in [0.2, 0.25) is 0 Å². The highest BCUT2D eigenvalue weighted by Crippen LogP contribution is 2.35. The third-order valence-electron chi connectivity index (χ3n) is 7.51. The van der Waals surface area contributed by atoms with E-state index in [1.54, 1.807) is 42.6 Å². The second kappa shape index (κ2) is 13.5. The molecule has 1 aliphatic heterocycles. The first-order chi connectivity index (χ1) is 20.8. The van der Waals surface area contributed by atoms with Gasteiger partial charge in [0.25, 0.3) is 11.8 Å². The number of benzene rings is 3. The number of carbonyl (C=O) groups is 2. The van der Waals surface area contributed by atoms with Gasteiger partial charge >= 0.3 is 0 Å². The zero-order valence-electron chi connectivity index (χ0n) is 25.1. The normalized spacial score (nSPS) is 16.7. The molecule has 0 spiro atoms. The van der Waals surface area contributed by atoms with Crippen molar-refractivity contribution in [3.63, 3.8) is 0 Å². The van der Waals surface area contributed by atoms with Gasteiger partial charge in [0.05, 0.1) is 11.3 Å². The van der Waals surface area contributed by atoms with E-state index in [2.05, 4.69) is 41.3 Å². The topological polar surface area (TPSA) is 84.0 Å². The number of ether oxygens (including phenoxy) is 2. The molecule has 222 valence electrons. The fourth-order valence-corrected chi connectivity index (χ4v) is 5.18. The van der Waals surface area contributed by atoms with Crippen LogP contribution in [0.4, 0.5) is 5.69 Å². The van der Waals surface area contributed by atoms with Crippen LogP contribution in [-0.2, 0) is 6.54 Å². The van der Waals surface area contributed by atoms with E-state index in [9.17, 15) is 9.59 Å². The third kappa shape index (κ3) is 7.40. The predicted molar refractivity (Wildman–Crippen MR) is 168 cm³/mol. The largest absolute Gasteiger partial charge is 0.486 e. The molecule has 0 radical (unpaired) electrons. The van der Waals surface area contributed by atoms with E-state index in [1.165, 1.54) is 0 Å². The van der Waals surface area contributed by atoms with Crippen molar-refractivity contribution in [2.75, 3.05) is 25.5 Å². The molecule has 0 saturated heterocycles. The van der Waals surface area contributed by atoms with Crippen LogP contribution in [0.1, 0.15) is 47.2 Å². The van der Waals surface area contributed by atoms with Gasteiger partial charge in [-0.1, -0.05) is 49.4 Å². The van der Waals surface area contributed by atoms with Crippen LogP contribution in [0.2, 0.25) is 0 Å². The Morgan fingerprint density at radius 2 is 1.72 bits per heavy atom. The van der Waals surface area contributed by atoms with Gasteiger partial charge in [-0.25, -0.2) is 0 Å². The smallest absolute Gasteiger partial charge is 0.274 e. The van der Waals surface area contributed by atoms with Gasteiger partial charge in [0.1, 0.15) is 23.3 Å². The maximum absolute atomic E-state index is 13.7. The standard InChI is InChI=1S/C35H38N4O4/c1-24(2)39-21-25(3)32(23-38(4)22-26-16-18-28(19-17-26)42-27-11-6-5-7-12-27)43-33-29(35(39)41)13-10-15-30(33)37-34(40)31-14-8-9-20-36-31/h5-20,24-25,32H,21-23H2,1-4H3,(H,37,40)/t25-,32?/m0/s1. The number of aromatic nitrogens is 1. The first-order valence-electron chi connectivity index (χ1n) is 14.6. The summed E-state index contributed by atoms with van der Waals surface area (Å²) in [6.07, 6.45) is 1.33. The summed E-state index contributed by atoms with van der Waals surface area (Å²) < 4.78 is 12.6. The molecule has 5 rings (SSSR count). The zero-order chi connectivity index (χ0) is 30.3. The van der Waals surface area contributed by atoms with Crippen molar-refractivity contribution in [2.45, 2.75) is 39.5 Å². The molecule has 43 heavy (non-hydrogen) atoms. The molecule has 2 heterocycles. The number of anilines is 1. The summed E-state index contributed by atoms with van der Waals surface area (Å²) in [4.78, 5) is 35.0. The van der Waals surface area contributed by atoms with Crippen molar-refractivity contribution in [3.8, 4) is 17.2 Å². The van der Waals surface area contributed by atoms with Gasteiger partial charge < -0.3 is 19.7 Å². The van der Waals surface area contributed by atoms with Crippen molar-refractivity contribution in [3.05, 3.63) is 114 Å². The first-order valence-corrected chi connectivity index (χ1v) is 14.6. The number of fused-ring (bicyclic) bond motifs is 1. The summed E-state index contributed by atoms with van der Waals surface area (Å²) in [6, 6.07) is 28.3. The van der Waals surface area contributed by atoms with E-state index < -0.39 is 0 Å². The highest BCUT2D eigenvalue weighted by atomic mass is 16.5. The van der Waals surface area contributed by atoms with E-state index in [1.807, 2.05) is 61.2 Å². The number of nitrogens with zero attached hydrogens (tertiary/aromatic N) is 3. The number of likely N-dealkylation sites (N-methyl/N-ethyl adjacent to an activating group) is 1. The number of amides is 2. The number of hydrogen-bond donors (Lipinski definition) is 1. The van der Waals surface area contributed by atoms with Crippen molar-refractivity contribution in [1.29, 1.82) is 0 Å². The molecule has 2 atom stereocenters. The Bertz CT molecular complexity index is 1530. The van der Waals surface area contributed by atoms with Crippen LogP contribution in [0.25, 0.3) is 0 Å². The number of rotatable bonds is 9. The Morgan fingerprint density at radius 1 is 1.00 bits per heavy atom. The van der Waals surface area contributed by atoms with E-state index in [-0.39, 0.29) is 35.6 Å². The Morgan fingerprint density at radius 3 is 2.42 bits per heavy atom. The molecule has 1 aromatic heterocycles. The minimum atomic E-state index is -0.366. The average molecular weight is 579 g/mol. The molecule has 1 unspecified atom stereocenters. The van der Waals surface area contributed by atoms with Crippen LogP contribution in [0.5, 0.6) is 17.2 Å². The number of para-hydroxylation sites is 2. The summed E-state index contributed by atoms with van der Waals surface area (Å²) in [5.74, 6) is 1.51.